The summed E-state index contributed by atoms with van der Waals surface area (Å²) in [5.74, 6) is -0.644. The average molecular weight is 379 g/mol. The number of hydrogen-bond acceptors (Lipinski definition) is 6. The van der Waals surface area contributed by atoms with Crippen LogP contribution in [0, 0.1) is 0 Å². The molecule has 7 heteroatoms. The number of nitrogens with one attached hydrogen (secondary N) is 1. The first-order chi connectivity index (χ1) is 13.0. The zero-order valence-corrected chi connectivity index (χ0v) is 15.9. The molecule has 0 unspecified atom stereocenters. The van der Waals surface area contributed by atoms with Crippen LogP contribution in [-0.2, 0) is 25.6 Å². The summed E-state index contributed by atoms with van der Waals surface area (Å²) in [5.41, 5.74) is 0.931. The summed E-state index contributed by atoms with van der Waals surface area (Å²) in [6, 6.07) is 9.32. The Morgan fingerprint density at radius 3 is 2.78 bits per heavy atom. The fraction of sp³-hybridized carbons (Fsp3) is 0.650. The SMILES string of the molecule is CC1(C)O[C@H]2O[C@H]([C@H](CCCCO)NC(=O)OCc3ccccc3)C[C@H]2O1. The van der Waals surface area contributed by atoms with Gasteiger partial charge in [-0.25, -0.2) is 4.79 Å². The molecule has 4 atom stereocenters. The lowest BCUT2D eigenvalue weighted by Gasteiger charge is -2.26. The summed E-state index contributed by atoms with van der Waals surface area (Å²) < 4.78 is 23.0. The van der Waals surface area contributed by atoms with Crippen molar-refractivity contribution < 1.29 is 28.8 Å². The Bertz CT molecular complexity index is 592. The number of amides is 1. The van der Waals surface area contributed by atoms with E-state index < -0.39 is 18.2 Å². The van der Waals surface area contributed by atoms with Crippen molar-refractivity contribution >= 4 is 6.09 Å². The first kappa shape index (κ1) is 20.1. The number of carbonyl (C=O) groups is 1. The molecular formula is C20H29NO6. The molecular weight excluding hydrogens is 350 g/mol. The van der Waals surface area contributed by atoms with Crippen LogP contribution < -0.4 is 5.32 Å². The van der Waals surface area contributed by atoms with Crippen LogP contribution in [0.5, 0.6) is 0 Å². The Morgan fingerprint density at radius 1 is 1.30 bits per heavy atom. The molecule has 2 aliphatic rings. The highest BCUT2D eigenvalue weighted by atomic mass is 16.8. The lowest BCUT2D eigenvalue weighted by Crippen LogP contribution is -2.44. The van der Waals surface area contributed by atoms with Gasteiger partial charge < -0.3 is 29.4 Å². The van der Waals surface area contributed by atoms with Crippen LogP contribution in [0.3, 0.4) is 0 Å². The van der Waals surface area contributed by atoms with E-state index in [4.69, 9.17) is 24.1 Å². The first-order valence-electron chi connectivity index (χ1n) is 9.56. The average Bonchev–Trinajstić information content (AvgIpc) is 3.13. The molecule has 2 N–H and O–H groups in total. The molecule has 27 heavy (non-hydrogen) atoms. The maximum absolute atomic E-state index is 12.3. The topological polar surface area (TPSA) is 86.2 Å². The van der Waals surface area contributed by atoms with Crippen molar-refractivity contribution in [3.05, 3.63) is 35.9 Å². The number of unbranched alkanes of at least 4 members (excludes halogenated alkanes) is 1. The Labute approximate surface area is 159 Å². The van der Waals surface area contributed by atoms with Gasteiger partial charge in [0.1, 0.15) is 12.7 Å². The van der Waals surface area contributed by atoms with Crippen LogP contribution in [0.2, 0.25) is 0 Å². The van der Waals surface area contributed by atoms with Crippen LogP contribution in [0.15, 0.2) is 30.3 Å². The molecule has 2 fully saturated rings. The highest BCUT2D eigenvalue weighted by molar-refractivity contribution is 5.67. The van der Waals surface area contributed by atoms with Crippen molar-refractivity contribution in [2.75, 3.05) is 6.61 Å². The van der Waals surface area contributed by atoms with Crippen LogP contribution >= 0.6 is 0 Å². The molecule has 7 nitrogen and oxygen atoms in total. The molecule has 2 heterocycles. The summed E-state index contributed by atoms with van der Waals surface area (Å²) >= 11 is 0. The van der Waals surface area contributed by atoms with Gasteiger partial charge in [-0.2, -0.15) is 0 Å². The van der Waals surface area contributed by atoms with Crippen molar-refractivity contribution in [1.29, 1.82) is 0 Å². The smallest absolute Gasteiger partial charge is 0.407 e. The first-order valence-corrected chi connectivity index (χ1v) is 9.56. The normalized spacial score (nSPS) is 27.1. The molecule has 2 saturated heterocycles. The summed E-state index contributed by atoms with van der Waals surface area (Å²) in [4.78, 5) is 12.3. The fourth-order valence-electron chi connectivity index (χ4n) is 3.54. The van der Waals surface area contributed by atoms with Gasteiger partial charge in [-0.1, -0.05) is 30.3 Å². The third-order valence-electron chi connectivity index (χ3n) is 4.80. The Morgan fingerprint density at radius 2 is 2.07 bits per heavy atom. The van der Waals surface area contributed by atoms with E-state index >= 15 is 0 Å². The van der Waals surface area contributed by atoms with E-state index in [2.05, 4.69) is 5.32 Å². The number of aliphatic hydroxyl groups is 1. The molecule has 1 aromatic rings. The largest absolute Gasteiger partial charge is 0.445 e. The number of carbonyl (C=O) groups excluding carboxylic acids is 1. The predicted molar refractivity (Wildman–Crippen MR) is 97.8 cm³/mol. The number of benzene rings is 1. The van der Waals surface area contributed by atoms with E-state index in [9.17, 15) is 4.79 Å². The molecule has 0 spiro atoms. The lowest BCUT2D eigenvalue weighted by atomic mass is 10.0. The molecule has 2 aliphatic heterocycles. The molecule has 150 valence electrons. The molecule has 0 radical (unpaired) electrons. The fourth-order valence-corrected chi connectivity index (χ4v) is 3.54. The van der Waals surface area contributed by atoms with E-state index in [1.165, 1.54) is 0 Å². The summed E-state index contributed by atoms with van der Waals surface area (Å²) in [6.45, 7) is 4.07. The number of hydrogen-bond donors (Lipinski definition) is 2. The summed E-state index contributed by atoms with van der Waals surface area (Å²) in [6.07, 6.45) is 1.57. The lowest BCUT2D eigenvalue weighted by molar-refractivity contribution is -0.207. The number of rotatable bonds is 8. The summed E-state index contributed by atoms with van der Waals surface area (Å²) in [7, 11) is 0. The molecule has 3 rings (SSSR count). The van der Waals surface area contributed by atoms with E-state index in [1.54, 1.807) is 0 Å². The van der Waals surface area contributed by atoms with Gasteiger partial charge in [-0.3, -0.25) is 0 Å². The Balaban J connectivity index is 1.53. The second-order valence-electron chi connectivity index (χ2n) is 7.48. The number of alkyl carbamates (subject to hydrolysis) is 1. The van der Waals surface area contributed by atoms with E-state index in [1.807, 2.05) is 44.2 Å². The maximum Gasteiger partial charge on any atom is 0.407 e. The van der Waals surface area contributed by atoms with Crippen molar-refractivity contribution in [3.8, 4) is 0 Å². The minimum Gasteiger partial charge on any atom is -0.445 e. The molecule has 1 aromatic carbocycles. The van der Waals surface area contributed by atoms with Gasteiger partial charge in [0.25, 0.3) is 0 Å². The third-order valence-corrected chi connectivity index (χ3v) is 4.80. The van der Waals surface area contributed by atoms with Crippen LogP contribution in [0.4, 0.5) is 4.79 Å². The van der Waals surface area contributed by atoms with Crippen LogP contribution in [0.25, 0.3) is 0 Å². The zero-order chi connectivity index (χ0) is 19.3. The second-order valence-corrected chi connectivity index (χ2v) is 7.48. The van der Waals surface area contributed by atoms with Crippen molar-refractivity contribution in [2.24, 2.45) is 0 Å². The van der Waals surface area contributed by atoms with Gasteiger partial charge in [0, 0.05) is 13.0 Å². The van der Waals surface area contributed by atoms with Crippen LogP contribution in [0.1, 0.15) is 45.1 Å². The Kier molecular flexibility index (Phi) is 6.70. The van der Waals surface area contributed by atoms with Crippen molar-refractivity contribution in [2.45, 2.75) is 76.5 Å². The Hall–Kier alpha value is -1.67. The van der Waals surface area contributed by atoms with Gasteiger partial charge in [-0.05, 0) is 38.7 Å². The number of aliphatic hydroxyl groups excluding tert-OH is 1. The maximum atomic E-state index is 12.3. The molecule has 0 aromatic heterocycles. The molecule has 0 bridgehead atoms. The van der Waals surface area contributed by atoms with Crippen LogP contribution in [-0.4, -0.2) is 48.1 Å². The third kappa shape index (κ3) is 5.65. The monoisotopic (exact) mass is 379 g/mol. The van der Waals surface area contributed by atoms with Crippen molar-refractivity contribution in [1.82, 2.24) is 5.32 Å². The highest BCUT2D eigenvalue weighted by Gasteiger charge is 2.50. The molecule has 0 aliphatic carbocycles. The molecule has 0 saturated carbocycles. The molecule has 1 amide bonds. The highest BCUT2D eigenvalue weighted by Crippen LogP contribution is 2.38. The van der Waals surface area contributed by atoms with Gasteiger partial charge in [-0.15, -0.1) is 0 Å². The number of fused-ring (bicyclic) bond motifs is 1. The van der Waals surface area contributed by atoms with E-state index in [-0.39, 0.29) is 31.5 Å². The van der Waals surface area contributed by atoms with Gasteiger partial charge in [0.15, 0.2) is 12.1 Å². The standard InChI is InChI=1S/C20H29NO6/c1-20(2)26-17-12-16(25-18(17)27-20)15(10-6-7-11-22)21-19(23)24-13-14-8-4-3-5-9-14/h3-5,8-9,15-18,22H,6-7,10-13H2,1-2H3,(H,21,23)/t15-,16-,17+,18+/m0/s1. The van der Waals surface area contributed by atoms with Crippen molar-refractivity contribution in [3.63, 3.8) is 0 Å². The minimum absolute atomic E-state index is 0.127. The van der Waals surface area contributed by atoms with E-state index in [0.29, 0.717) is 19.3 Å². The van der Waals surface area contributed by atoms with E-state index in [0.717, 1.165) is 12.0 Å². The van der Waals surface area contributed by atoms with Gasteiger partial charge >= 0.3 is 6.09 Å². The summed E-state index contributed by atoms with van der Waals surface area (Å²) in [5, 5.41) is 12.0. The quantitative estimate of drug-likeness (QED) is 0.676. The zero-order valence-electron chi connectivity index (χ0n) is 15.9. The van der Waals surface area contributed by atoms with Gasteiger partial charge in [0.2, 0.25) is 0 Å². The number of ether oxygens (including phenoxy) is 4. The van der Waals surface area contributed by atoms with Gasteiger partial charge in [0.05, 0.1) is 12.1 Å². The second kappa shape index (κ2) is 9.01. The predicted octanol–water partition coefficient (Wildman–Crippen LogP) is 2.71. The minimum atomic E-state index is -0.644.